The lowest BCUT2D eigenvalue weighted by Gasteiger charge is -2.06. The molecule has 0 radical (unpaired) electrons. The fourth-order valence-electron chi connectivity index (χ4n) is 1.36. The van der Waals surface area contributed by atoms with E-state index in [9.17, 15) is 4.21 Å². The predicted octanol–water partition coefficient (Wildman–Crippen LogP) is 1.77. The summed E-state index contributed by atoms with van der Waals surface area (Å²) in [5.74, 6) is 0.727. The average molecular weight is 225 g/mol. The highest BCUT2D eigenvalue weighted by Crippen LogP contribution is 2.09. The summed E-state index contributed by atoms with van der Waals surface area (Å²) in [7, 11) is -0.694. The normalized spacial score (nSPS) is 12.7. The first-order valence-corrected chi connectivity index (χ1v) is 6.89. The number of aryl methyl sites for hydroxylation is 2. The number of hydrogen-bond acceptors (Lipinski definition) is 2. The van der Waals surface area contributed by atoms with Crippen LogP contribution in [0.2, 0.25) is 0 Å². The first-order chi connectivity index (χ1) is 7.09. The third-order valence-corrected chi connectivity index (χ3v) is 3.25. The summed E-state index contributed by atoms with van der Waals surface area (Å²) in [6.45, 7) is 5.92. The fourth-order valence-corrected chi connectivity index (χ4v) is 1.79. The van der Waals surface area contributed by atoms with E-state index < -0.39 is 10.8 Å². The van der Waals surface area contributed by atoms with Crippen molar-refractivity contribution in [1.82, 2.24) is 5.32 Å². The average Bonchev–Trinajstić information content (AvgIpc) is 2.18. The van der Waals surface area contributed by atoms with Gasteiger partial charge in [0, 0.05) is 35.9 Å². The molecule has 1 aromatic rings. The molecule has 84 valence electrons. The quantitative estimate of drug-likeness (QED) is 0.774. The van der Waals surface area contributed by atoms with Crippen LogP contribution in [0.4, 0.5) is 0 Å². The maximum absolute atomic E-state index is 10.8. The Labute approximate surface area is 94.5 Å². The summed E-state index contributed by atoms with van der Waals surface area (Å²) in [5.41, 5.74) is 3.95. The molecule has 1 N–H and O–H groups in total. The van der Waals surface area contributed by atoms with Crippen LogP contribution in [0.25, 0.3) is 0 Å². The van der Waals surface area contributed by atoms with E-state index in [2.05, 4.69) is 37.4 Å². The van der Waals surface area contributed by atoms with Crippen LogP contribution in [0.5, 0.6) is 0 Å². The first kappa shape index (κ1) is 12.4. The number of benzene rings is 1. The van der Waals surface area contributed by atoms with Crippen molar-refractivity contribution in [3.05, 3.63) is 34.9 Å². The van der Waals surface area contributed by atoms with E-state index in [4.69, 9.17) is 0 Å². The molecular formula is C12H19NOS. The van der Waals surface area contributed by atoms with E-state index in [0.29, 0.717) is 0 Å². The molecule has 0 amide bonds. The zero-order chi connectivity index (χ0) is 11.3. The molecular weight excluding hydrogens is 206 g/mol. The van der Waals surface area contributed by atoms with Crippen LogP contribution in [-0.4, -0.2) is 22.8 Å². The molecule has 0 aromatic heterocycles. The second kappa shape index (κ2) is 6.03. The Bertz CT molecular complexity index is 349. The molecule has 0 heterocycles. The maximum atomic E-state index is 10.8. The SMILES string of the molecule is Cc1ccc(CNCC[S@](C)=O)cc1C. The molecule has 0 spiro atoms. The number of nitrogens with one attached hydrogen (secondary N) is 1. The minimum Gasteiger partial charge on any atom is -0.312 e. The molecule has 3 heteroatoms. The Morgan fingerprint density at radius 3 is 2.60 bits per heavy atom. The van der Waals surface area contributed by atoms with Crippen LogP contribution in [0.15, 0.2) is 18.2 Å². The zero-order valence-electron chi connectivity index (χ0n) is 9.67. The smallest absolute Gasteiger partial charge is 0.0357 e. The van der Waals surface area contributed by atoms with Crippen molar-refractivity contribution in [3.63, 3.8) is 0 Å². The molecule has 0 saturated heterocycles. The highest BCUT2D eigenvalue weighted by atomic mass is 32.2. The van der Waals surface area contributed by atoms with E-state index in [1.165, 1.54) is 16.7 Å². The fraction of sp³-hybridized carbons (Fsp3) is 0.500. The summed E-state index contributed by atoms with van der Waals surface area (Å²) in [6.07, 6.45) is 1.73. The third-order valence-electron chi connectivity index (χ3n) is 2.47. The van der Waals surface area contributed by atoms with Crippen molar-refractivity contribution in [2.75, 3.05) is 18.6 Å². The predicted molar refractivity (Wildman–Crippen MR) is 66.6 cm³/mol. The molecule has 2 nitrogen and oxygen atoms in total. The summed E-state index contributed by atoms with van der Waals surface area (Å²) >= 11 is 0. The summed E-state index contributed by atoms with van der Waals surface area (Å²) in [4.78, 5) is 0. The van der Waals surface area contributed by atoms with Crippen molar-refractivity contribution in [1.29, 1.82) is 0 Å². The molecule has 0 aliphatic carbocycles. The van der Waals surface area contributed by atoms with Crippen molar-refractivity contribution >= 4 is 10.8 Å². The van der Waals surface area contributed by atoms with Crippen molar-refractivity contribution in [2.24, 2.45) is 0 Å². The lowest BCUT2D eigenvalue weighted by molar-refractivity contribution is 0.676. The van der Waals surface area contributed by atoms with Gasteiger partial charge in [-0.05, 0) is 30.5 Å². The Morgan fingerprint density at radius 2 is 2.00 bits per heavy atom. The molecule has 0 bridgehead atoms. The largest absolute Gasteiger partial charge is 0.312 e. The van der Waals surface area contributed by atoms with E-state index in [-0.39, 0.29) is 0 Å². The van der Waals surface area contributed by atoms with Gasteiger partial charge in [0.05, 0.1) is 0 Å². The zero-order valence-corrected chi connectivity index (χ0v) is 10.5. The van der Waals surface area contributed by atoms with Gasteiger partial charge in [0.15, 0.2) is 0 Å². The van der Waals surface area contributed by atoms with Crippen LogP contribution in [-0.2, 0) is 17.3 Å². The third kappa shape index (κ3) is 4.58. The van der Waals surface area contributed by atoms with Crippen molar-refractivity contribution in [3.8, 4) is 0 Å². The van der Waals surface area contributed by atoms with Gasteiger partial charge in [-0.15, -0.1) is 0 Å². The van der Waals surface area contributed by atoms with Crippen LogP contribution in [0.3, 0.4) is 0 Å². The van der Waals surface area contributed by atoms with E-state index in [1.54, 1.807) is 6.26 Å². The molecule has 0 unspecified atom stereocenters. The Morgan fingerprint density at radius 1 is 1.27 bits per heavy atom. The second-order valence-electron chi connectivity index (χ2n) is 3.87. The van der Waals surface area contributed by atoms with Crippen molar-refractivity contribution in [2.45, 2.75) is 20.4 Å². The summed E-state index contributed by atoms with van der Waals surface area (Å²) < 4.78 is 10.8. The van der Waals surface area contributed by atoms with E-state index >= 15 is 0 Å². The number of hydrogen-bond donors (Lipinski definition) is 1. The molecule has 0 aliphatic rings. The monoisotopic (exact) mass is 225 g/mol. The summed E-state index contributed by atoms with van der Waals surface area (Å²) in [6, 6.07) is 6.48. The van der Waals surface area contributed by atoms with Crippen LogP contribution in [0.1, 0.15) is 16.7 Å². The van der Waals surface area contributed by atoms with Gasteiger partial charge >= 0.3 is 0 Å². The van der Waals surface area contributed by atoms with Crippen LogP contribution >= 0.6 is 0 Å². The molecule has 0 saturated carbocycles. The Balaban J connectivity index is 2.38. The van der Waals surface area contributed by atoms with Crippen LogP contribution in [0, 0.1) is 13.8 Å². The van der Waals surface area contributed by atoms with E-state index in [1.807, 2.05) is 0 Å². The number of rotatable bonds is 5. The van der Waals surface area contributed by atoms with Gasteiger partial charge in [-0.2, -0.15) is 0 Å². The highest BCUT2D eigenvalue weighted by molar-refractivity contribution is 7.84. The van der Waals surface area contributed by atoms with E-state index in [0.717, 1.165) is 18.8 Å². The lowest BCUT2D eigenvalue weighted by atomic mass is 10.1. The second-order valence-corrected chi connectivity index (χ2v) is 5.43. The molecule has 1 atom stereocenters. The van der Waals surface area contributed by atoms with Crippen LogP contribution < -0.4 is 5.32 Å². The molecule has 1 aromatic carbocycles. The molecule has 1 rings (SSSR count). The Hall–Kier alpha value is -0.670. The van der Waals surface area contributed by atoms with Gasteiger partial charge in [0.25, 0.3) is 0 Å². The minimum atomic E-state index is -0.694. The van der Waals surface area contributed by atoms with Gasteiger partial charge in [-0.3, -0.25) is 4.21 Å². The topological polar surface area (TPSA) is 29.1 Å². The van der Waals surface area contributed by atoms with Gasteiger partial charge in [-0.25, -0.2) is 0 Å². The first-order valence-electron chi connectivity index (χ1n) is 5.16. The van der Waals surface area contributed by atoms with Gasteiger partial charge < -0.3 is 5.32 Å². The summed E-state index contributed by atoms with van der Waals surface area (Å²) in [5, 5.41) is 3.29. The van der Waals surface area contributed by atoms with Gasteiger partial charge in [-0.1, -0.05) is 18.2 Å². The molecule has 15 heavy (non-hydrogen) atoms. The maximum Gasteiger partial charge on any atom is 0.0357 e. The highest BCUT2D eigenvalue weighted by Gasteiger charge is 1.96. The lowest BCUT2D eigenvalue weighted by Crippen LogP contribution is -2.19. The molecule has 0 aliphatic heterocycles. The van der Waals surface area contributed by atoms with Crippen molar-refractivity contribution < 1.29 is 4.21 Å². The minimum absolute atomic E-state index is 0.694. The van der Waals surface area contributed by atoms with Gasteiger partial charge in [0.2, 0.25) is 0 Å². The molecule has 0 fully saturated rings. The Kier molecular flexibility index (Phi) is 4.99. The standard InChI is InChI=1S/C12H19NOS/c1-10-4-5-12(8-11(10)2)9-13-6-7-15(3)14/h4-5,8,13H,6-7,9H2,1-3H3/t15-/m0/s1. The van der Waals surface area contributed by atoms with Gasteiger partial charge in [0.1, 0.15) is 0 Å².